The highest BCUT2D eigenvalue weighted by molar-refractivity contribution is 5.75. The standard InChI is InChI=1S/C10H18N2O5/c1-10(17-5-8(13)14)6-12(7-10)9(15)11-3-4-16-2/h3-7H2,1-2H3,(H,11,15)(H,13,14). The smallest absolute Gasteiger partial charge is 0.329 e. The molecule has 1 fully saturated rings. The second kappa shape index (κ2) is 5.83. The first kappa shape index (κ1) is 13.7. The minimum absolute atomic E-state index is 0.182. The van der Waals surface area contributed by atoms with Crippen LogP contribution >= 0.6 is 0 Å². The fourth-order valence-electron chi connectivity index (χ4n) is 1.60. The van der Waals surface area contributed by atoms with Gasteiger partial charge in [-0.3, -0.25) is 0 Å². The predicted octanol–water partition coefficient (Wildman–Crippen LogP) is -0.482. The topological polar surface area (TPSA) is 88.1 Å². The zero-order valence-corrected chi connectivity index (χ0v) is 10.1. The highest BCUT2D eigenvalue weighted by atomic mass is 16.5. The summed E-state index contributed by atoms with van der Waals surface area (Å²) in [4.78, 5) is 23.4. The van der Waals surface area contributed by atoms with Gasteiger partial charge in [0, 0.05) is 13.7 Å². The molecule has 1 heterocycles. The summed E-state index contributed by atoms with van der Waals surface area (Å²) in [6.45, 7) is 3.17. The summed E-state index contributed by atoms with van der Waals surface area (Å²) in [5.41, 5.74) is -0.545. The maximum Gasteiger partial charge on any atom is 0.329 e. The average Bonchev–Trinajstić information content (AvgIpc) is 2.22. The van der Waals surface area contributed by atoms with Gasteiger partial charge >= 0.3 is 12.0 Å². The summed E-state index contributed by atoms with van der Waals surface area (Å²) >= 11 is 0. The second-order valence-corrected chi connectivity index (χ2v) is 4.21. The highest BCUT2D eigenvalue weighted by Gasteiger charge is 2.42. The summed E-state index contributed by atoms with van der Waals surface area (Å²) < 4.78 is 9.99. The molecule has 17 heavy (non-hydrogen) atoms. The average molecular weight is 246 g/mol. The number of likely N-dealkylation sites (tertiary alicyclic amines) is 1. The van der Waals surface area contributed by atoms with Gasteiger partial charge in [-0.15, -0.1) is 0 Å². The molecule has 0 spiro atoms. The van der Waals surface area contributed by atoms with E-state index in [9.17, 15) is 9.59 Å². The van der Waals surface area contributed by atoms with Crippen LogP contribution in [0.3, 0.4) is 0 Å². The van der Waals surface area contributed by atoms with E-state index in [1.807, 2.05) is 0 Å². The van der Waals surface area contributed by atoms with Gasteiger partial charge in [0.25, 0.3) is 0 Å². The van der Waals surface area contributed by atoms with Gasteiger partial charge in [0.05, 0.1) is 19.7 Å². The Hall–Kier alpha value is -1.34. The number of ether oxygens (including phenoxy) is 2. The lowest BCUT2D eigenvalue weighted by atomic mass is 9.97. The molecule has 0 atom stereocenters. The van der Waals surface area contributed by atoms with Crippen LogP contribution in [-0.2, 0) is 14.3 Å². The van der Waals surface area contributed by atoms with E-state index in [0.717, 1.165) is 0 Å². The summed E-state index contributed by atoms with van der Waals surface area (Å²) in [7, 11) is 1.56. The minimum Gasteiger partial charge on any atom is -0.480 e. The van der Waals surface area contributed by atoms with E-state index >= 15 is 0 Å². The fourth-order valence-corrected chi connectivity index (χ4v) is 1.60. The van der Waals surface area contributed by atoms with Gasteiger partial charge in [-0.2, -0.15) is 0 Å². The molecule has 98 valence electrons. The number of nitrogens with one attached hydrogen (secondary N) is 1. The van der Waals surface area contributed by atoms with Crippen molar-refractivity contribution in [3.8, 4) is 0 Å². The number of methoxy groups -OCH3 is 1. The first-order valence-electron chi connectivity index (χ1n) is 5.34. The lowest BCUT2D eigenvalue weighted by molar-refractivity contribution is -0.159. The summed E-state index contributed by atoms with van der Waals surface area (Å²) in [6.07, 6.45) is 0. The van der Waals surface area contributed by atoms with Crippen LogP contribution < -0.4 is 5.32 Å². The van der Waals surface area contributed by atoms with Gasteiger partial charge in [0.15, 0.2) is 0 Å². The molecule has 7 nitrogen and oxygen atoms in total. The van der Waals surface area contributed by atoms with Crippen molar-refractivity contribution in [3.05, 3.63) is 0 Å². The first-order valence-corrected chi connectivity index (χ1v) is 5.34. The maximum absolute atomic E-state index is 11.5. The van der Waals surface area contributed by atoms with Crippen molar-refractivity contribution in [1.29, 1.82) is 0 Å². The number of urea groups is 1. The van der Waals surface area contributed by atoms with Gasteiger partial charge in [-0.25, -0.2) is 9.59 Å². The maximum atomic E-state index is 11.5. The van der Waals surface area contributed by atoms with Crippen LogP contribution in [0.4, 0.5) is 4.79 Å². The molecule has 0 aromatic heterocycles. The molecule has 0 aliphatic carbocycles. The first-order chi connectivity index (χ1) is 7.97. The number of hydrogen-bond donors (Lipinski definition) is 2. The zero-order valence-electron chi connectivity index (χ0n) is 10.1. The Morgan fingerprint density at radius 2 is 2.12 bits per heavy atom. The Balaban J connectivity index is 2.20. The van der Waals surface area contributed by atoms with E-state index in [-0.39, 0.29) is 12.6 Å². The van der Waals surface area contributed by atoms with Crippen molar-refractivity contribution in [2.45, 2.75) is 12.5 Å². The number of rotatable bonds is 6. The number of carbonyl (C=O) groups excluding carboxylic acids is 1. The molecule has 1 aliphatic rings. The van der Waals surface area contributed by atoms with Crippen LogP contribution in [-0.4, -0.2) is 67.6 Å². The number of carboxylic acid groups (broad SMARTS) is 1. The van der Waals surface area contributed by atoms with Gasteiger partial charge in [0.1, 0.15) is 12.2 Å². The van der Waals surface area contributed by atoms with Crippen molar-refractivity contribution in [3.63, 3.8) is 0 Å². The van der Waals surface area contributed by atoms with Gasteiger partial charge in [-0.1, -0.05) is 0 Å². The molecular formula is C10H18N2O5. The summed E-state index contributed by atoms with van der Waals surface area (Å²) in [5.74, 6) is -1.01. The Morgan fingerprint density at radius 3 is 2.65 bits per heavy atom. The molecule has 0 bridgehead atoms. The van der Waals surface area contributed by atoms with E-state index in [0.29, 0.717) is 26.2 Å². The molecule has 1 rings (SSSR count). The van der Waals surface area contributed by atoms with Crippen LogP contribution in [0.2, 0.25) is 0 Å². The zero-order chi connectivity index (χ0) is 12.9. The Morgan fingerprint density at radius 1 is 1.47 bits per heavy atom. The molecule has 0 aromatic rings. The Bertz CT molecular complexity index is 288. The minimum atomic E-state index is -1.01. The van der Waals surface area contributed by atoms with Gasteiger partial charge in [0.2, 0.25) is 0 Å². The summed E-state index contributed by atoms with van der Waals surface area (Å²) in [5, 5.41) is 11.2. The number of aliphatic carboxylic acids is 1. The molecule has 2 N–H and O–H groups in total. The molecule has 1 saturated heterocycles. The second-order valence-electron chi connectivity index (χ2n) is 4.21. The molecular weight excluding hydrogens is 228 g/mol. The fraction of sp³-hybridized carbons (Fsp3) is 0.800. The van der Waals surface area contributed by atoms with Crippen LogP contribution in [0.1, 0.15) is 6.92 Å². The molecule has 2 amide bonds. The van der Waals surface area contributed by atoms with E-state index < -0.39 is 11.6 Å². The quantitative estimate of drug-likeness (QED) is 0.618. The third kappa shape index (κ3) is 4.20. The van der Waals surface area contributed by atoms with Crippen molar-refractivity contribution < 1.29 is 24.2 Å². The van der Waals surface area contributed by atoms with Crippen molar-refractivity contribution in [2.75, 3.05) is 40.0 Å². The third-order valence-electron chi connectivity index (χ3n) is 2.46. The molecule has 0 unspecified atom stereocenters. The Labute approximate surface area is 99.7 Å². The highest BCUT2D eigenvalue weighted by Crippen LogP contribution is 2.24. The van der Waals surface area contributed by atoms with Crippen LogP contribution in [0.15, 0.2) is 0 Å². The third-order valence-corrected chi connectivity index (χ3v) is 2.46. The normalized spacial score (nSPS) is 17.4. The van der Waals surface area contributed by atoms with Gasteiger partial charge < -0.3 is 24.8 Å². The number of nitrogens with zero attached hydrogens (tertiary/aromatic N) is 1. The van der Waals surface area contributed by atoms with E-state index in [1.165, 1.54) is 0 Å². The van der Waals surface area contributed by atoms with E-state index in [4.69, 9.17) is 14.6 Å². The van der Waals surface area contributed by atoms with Crippen LogP contribution in [0.25, 0.3) is 0 Å². The van der Waals surface area contributed by atoms with Crippen LogP contribution in [0, 0.1) is 0 Å². The Kier molecular flexibility index (Phi) is 4.71. The number of amides is 2. The number of carbonyl (C=O) groups is 2. The lowest BCUT2D eigenvalue weighted by Crippen LogP contribution is -2.65. The number of carboxylic acids is 1. The van der Waals surface area contributed by atoms with Crippen molar-refractivity contribution in [2.24, 2.45) is 0 Å². The molecule has 0 aromatic carbocycles. The number of hydrogen-bond acceptors (Lipinski definition) is 4. The lowest BCUT2D eigenvalue weighted by Gasteiger charge is -2.46. The van der Waals surface area contributed by atoms with E-state index in [2.05, 4.69) is 5.32 Å². The summed E-state index contributed by atoms with van der Waals surface area (Å²) in [6, 6.07) is -0.182. The van der Waals surface area contributed by atoms with Crippen molar-refractivity contribution >= 4 is 12.0 Å². The largest absolute Gasteiger partial charge is 0.480 e. The molecule has 7 heteroatoms. The molecule has 1 aliphatic heterocycles. The van der Waals surface area contributed by atoms with Crippen LogP contribution in [0.5, 0.6) is 0 Å². The predicted molar refractivity (Wildman–Crippen MR) is 58.8 cm³/mol. The molecule has 0 saturated carbocycles. The van der Waals surface area contributed by atoms with Crippen molar-refractivity contribution in [1.82, 2.24) is 10.2 Å². The SMILES string of the molecule is COCCNC(=O)N1CC(C)(OCC(=O)O)C1. The molecule has 0 radical (unpaired) electrons. The van der Waals surface area contributed by atoms with E-state index in [1.54, 1.807) is 18.9 Å². The monoisotopic (exact) mass is 246 g/mol. The van der Waals surface area contributed by atoms with Gasteiger partial charge in [-0.05, 0) is 6.92 Å².